The molecule has 1 aliphatic heterocycles. The lowest BCUT2D eigenvalue weighted by Crippen LogP contribution is -2.40. The van der Waals surface area contributed by atoms with Gasteiger partial charge in [0.25, 0.3) is 5.56 Å². The fraction of sp³-hybridized carbons (Fsp3) is 0.333. The molecule has 4 rings (SSSR count). The van der Waals surface area contributed by atoms with E-state index >= 15 is 0 Å². The van der Waals surface area contributed by atoms with Crippen molar-refractivity contribution < 1.29 is 4.79 Å². The molecule has 0 unspecified atom stereocenters. The van der Waals surface area contributed by atoms with E-state index < -0.39 is 11.2 Å². The highest BCUT2D eigenvalue weighted by Crippen LogP contribution is 2.27. The second kappa shape index (κ2) is 7.54. The van der Waals surface area contributed by atoms with E-state index in [2.05, 4.69) is 4.98 Å². The minimum Gasteiger partial charge on any atom is -0.340 e. The van der Waals surface area contributed by atoms with Crippen molar-refractivity contribution in [2.24, 2.45) is 7.05 Å². The number of carbonyl (C=O) groups excluding carboxylic acids is 1. The first-order chi connectivity index (χ1) is 13.9. The molecule has 0 fully saturated rings. The number of nitrogens with one attached hydrogen (secondary N) is 1. The number of aromatic amines is 1. The summed E-state index contributed by atoms with van der Waals surface area (Å²) in [7, 11) is 1.94. The molecule has 0 bridgehead atoms. The van der Waals surface area contributed by atoms with Crippen molar-refractivity contribution in [1.82, 2.24) is 24.2 Å². The lowest BCUT2D eigenvalue weighted by atomic mass is 10.0. The molecule has 3 aromatic rings. The predicted octanol–water partition coefficient (Wildman–Crippen LogP) is 0.873. The lowest BCUT2D eigenvalue weighted by Gasteiger charge is -2.21. The van der Waals surface area contributed by atoms with Gasteiger partial charge < -0.3 is 4.90 Å². The number of aryl methyl sites for hydroxylation is 2. The van der Waals surface area contributed by atoms with E-state index in [0.29, 0.717) is 31.5 Å². The molecule has 0 radical (unpaired) electrons. The summed E-state index contributed by atoms with van der Waals surface area (Å²) in [5, 5.41) is 4.71. The molecule has 8 nitrogen and oxygen atoms in total. The summed E-state index contributed by atoms with van der Waals surface area (Å²) < 4.78 is 3.16. The maximum atomic E-state index is 12.8. The number of fused-ring (bicyclic) bond motifs is 1. The number of rotatable bonds is 3. The van der Waals surface area contributed by atoms with Gasteiger partial charge in [-0.25, -0.2) is 4.79 Å². The van der Waals surface area contributed by atoms with Crippen LogP contribution < -0.4 is 11.2 Å². The van der Waals surface area contributed by atoms with Crippen LogP contribution in [0, 0.1) is 6.92 Å². The Morgan fingerprint density at radius 1 is 1.14 bits per heavy atom. The van der Waals surface area contributed by atoms with Crippen LogP contribution in [0.1, 0.15) is 16.8 Å². The first-order valence-electron chi connectivity index (χ1n) is 9.62. The molecule has 8 heteroatoms. The first-order valence-corrected chi connectivity index (χ1v) is 9.62. The van der Waals surface area contributed by atoms with E-state index in [1.807, 2.05) is 42.1 Å². The van der Waals surface area contributed by atoms with Crippen LogP contribution in [0.3, 0.4) is 0 Å². The normalized spacial score (nSPS) is 13.8. The number of nitrogens with zero attached hydrogens (tertiary/aromatic N) is 4. The number of benzene rings is 1. The van der Waals surface area contributed by atoms with Crippen LogP contribution in [-0.4, -0.2) is 43.2 Å². The number of H-pyrrole nitrogens is 1. The van der Waals surface area contributed by atoms with Crippen LogP contribution in [0.4, 0.5) is 0 Å². The number of hydrogen-bond donors (Lipinski definition) is 1. The molecule has 0 atom stereocenters. The first kappa shape index (κ1) is 18.9. The summed E-state index contributed by atoms with van der Waals surface area (Å²) in [4.78, 5) is 40.4. The Hall–Kier alpha value is -3.42. The van der Waals surface area contributed by atoms with Crippen molar-refractivity contribution in [3.63, 3.8) is 0 Å². The number of amides is 1. The number of aromatic nitrogens is 4. The predicted molar refractivity (Wildman–Crippen MR) is 109 cm³/mol. The maximum absolute atomic E-state index is 12.8. The van der Waals surface area contributed by atoms with E-state index in [-0.39, 0.29) is 12.5 Å². The molecule has 1 amide bonds. The molecule has 1 N–H and O–H groups in total. The zero-order chi connectivity index (χ0) is 20.5. The van der Waals surface area contributed by atoms with E-state index in [1.54, 1.807) is 11.8 Å². The lowest BCUT2D eigenvalue weighted by molar-refractivity contribution is -0.131. The zero-order valence-electron chi connectivity index (χ0n) is 16.5. The van der Waals surface area contributed by atoms with Crippen molar-refractivity contribution in [2.75, 3.05) is 13.1 Å². The molecule has 2 aromatic heterocycles. The Bertz CT molecular complexity index is 1170. The van der Waals surface area contributed by atoms with Gasteiger partial charge in [-0.15, -0.1) is 0 Å². The van der Waals surface area contributed by atoms with Gasteiger partial charge >= 0.3 is 5.69 Å². The van der Waals surface area contributed by atoms with E-state index in [9.17, 15) is 14.4 Å². The summed E-state index contributed by atoms with van der Waals surface area (Å²) in [5.41, 5.74) is 3.75. The summed E-state index contributed by atoms with van der Waals surface area (Å²) in [6, 6.07) is 10.0. The largest absolute Gasteiger partial charge is 0.340 e. The minimum absolute atomic E-state index is 0.0867. The van der Waals surface area contributed by atoms with Crippen molar-refractivity contribution in [3.05, 3.63) is 74.2 Å². The van der Waals surface area contributed by atoms with Crippen LogP contribution in [0.5, 0.6) is 0 Å². The van der Waals surface area contributed by atoms with Gasteiger partial charge in [0.15, 0.2) is 0 Å². The fourth-order valence-electron chi connectivity index (χ4n) is 3.84. The van der Waals surface area contributed by atoms with Crippen LogP contribution in [0.25, 0.3) is 11.3 Å². The molecule has 1 aliphatic rings. The molecule has 0 aliphatic carbocycles. The highest BCUT2D eigenvalue weighted by atomic mass is 16.2. The van der Waals surface area contributed by atoms with Gasteiger partial charge in [-0.05, 0) is 13.3 Å². The minimum atomic E-state index is -0.567. The highest BCUT2D eigenvalue weighted by molar-refractivity contribution is 5.76. The third kappa shape index (κ3) is 3.65. The number of carbonyl (C=O) groups is 1. The Morgan fingerprint density at radius 3 is 2.62 bits per heavy atom. The van der Waals surface area contributed by atoms with Gasteiger partial charge in [0.1, 0.15) is 6.54 Å². The Labute approximate surface area is 167 Å². The van der Waals surface area contributed by atoms with Crippen LogP contribution in [0.2, 0.25) is 0 Å². The molecule has 0 saturated heterocycles. The Morgan fingerprint density at radius 2 is 1.86 bits per heavy atom. The summed E-state index contributed by atoms with van der Waals surface area (Å²) in [6.45, 7) is 2.65. The molecular weight excluding hydrogens is 370 g/mol. The van der Waals surface area contributed by atoms with Gasteiger partial charge in [-0.2, -0.15) is 5.10 Å². The van der Waals surface area contributed by atoms with Crippen molar-refractivity contribution >= 4 is 5.91 Å². The second-order valence-electron chi connectivity index (χ2n) is 7.34. The monoisotopic (exact) mass is 393 g/mol. The van der Waals surface area contributed by atoms with E-state index in [1.165, 1.54) is 16.3 Å². The van der Waals surface area contributed by atoms with Crippen LogP contribution in [0.15, 0.2) is 46.1 Å². The third-order valence-electron chi connectivity index (χ3n) is 5.42. The van der Waals surface area contributed by atoms with Gasteiger partial charge in [-0.3, -0.25) is 23.8 Å². The molecule has 3 heterocycles. The van der Waals surface area contributed by atoms with Crippen molar-refractivity contribution in [3.8, 4) is 11.3 Å². The summed E-state index contributed by atoms with van der Waals surface area (Å²) in [6.07, 6.45) is 2.85. The molecule has 0 spiro atoms. The fourth-order valence-corrected chi connectivity index (χ4v) is 3.84. The Balaban J connectivity index is 1.55. The summed E-state index contributed by atoms with van der Waals surface area (Å²) >= 11 is 0. The van der Waals surface area contributed by atoms with Crippen LogP contribution in [-0.2, 0) is 31.2 Å². The third-order valence-corrected chi connectivity index (χ3v) is 5.42. The standard InChI is InChI=1S/C21H23N5O3/c1-14-12-26(21(29)22-20(14)28)13-18(27)25-10-8-16-17(9-11-25)24(2)23-19(16)15-6-4-3-5-7-15/h3-7,12H,8-11,13H2,1-2H3,(H,22,28,29). The molecule has 29 heavy (non-hydrogen) atoms. The molecule has 1 aromatic carbocycles. The van der Waals surface area contributed by atoms with Gasteiger partial charge in [0.05, 0.1) is 5.69 Å². The quantitative estimate of drug-likeness (QED) is 0.715. The molecular formula is C21H23N5O3. The zero-order valence-corrected chi connectivity index (χ0v) is 16.5. The number of hydrogen-bond acceptors (Lipinski definition) is 4. The second-order valence-corrected chi connectivity index (χ2v) is 7.34. The molecule has 0 saturated carbocycles. The van der Waals surface area contributed by atoms with E-state index in [4.69, 9.17) is 5.10 Å². The maximum Gasteiger partial charge on any atom is 0.328 e. The average molecular weight is 393 g/mol. The SMILES string of the molecule is Cc1cn(CC(=O)N2CCc3c(-c4ccccc4)nn(C)c3CC2)c(=O)[nH]c1=O. The van der Waals surface area contributed by atoms with Gasteiger partial charge in [0.2, 0.25) is 5.91 Å². The van der Waals surface area contributed by atoms with Gasteiger partial charge in [0, 0.05) is 55.1 Å². The van der Waals surface area contributed by atoms with Crippen molar-refractivity contribution in [1.29, 1.82) is 0 Å². The van der Waals surface area contributed by atoms with E-state index in [0.717, 1.165) is 17.0 Å². The highest BCUT2D eigenvalue weighted by Gasteiger charge is 2.24. The van der Waals surface area contributed by atoms with Gasteiger partial charge in [-0.1, -0.05) is 30.3 Å². The van der Waals surface area contributed by atoms with Crippen LogP contribution >= 0.6 is 0 Å². The summed E-state index contributed by atoms with van der Waals surface area (Å²) in [5.74, 6) is -0.138. The topological polar surface area (TPSA) is 93.0 Å². The van der Waals surface area contributed by atoms with Crippen molar-refractivity contribution in [2.45, 2.75) is 26.3 Å². The average Bonchev–Trinajstić information content (AvgIpc) is 2.88. The Kier molecular flexibility index (Phi) is 4.92. The molecule has 150 valence electrons. The smallest absolute Gasteiger partial charge is 0.328 e.